The van der Waals surface area contributed by atoms with E-state index in [0.29, 0.717) is 30.5 Å². The Kier molecular flexibility index (Phi) is 7.41. The molecule has 1 unspecified atom stereocenters. The maximum Gasteiger partial charge on any atom is 0.437 e. The number of carbonyl (C=O) groups is 2. The normalized spacial score (nSPS) is 15.7. The van der Waals surface area contributed by atoms with E-state index in [-0.39, 0.29) is 16.2 Å². The highest BCUT2D eigenvalue weighted by molar-refractivity contribution is 6.48. The number of hydrogen-bond donors (Lipinski definition) is 0. The molecule has 1 atom stereocenters. The van der Waals surface area contributed by atoms with Gasteiger partial charge in [0.15, 0.2) is 11.6 Å². The highest BCUT2D eigenvalue weighted by atomic mass is 35.5. The zero-order chi connectivity index (χ0) is 22.5. The number of Topliss-reactive ketones (excluding diaryl/α,β-unsaturated/α-hetero) is 2. The summed E-state index contributed by atoms with van der Waals surface area (Å²) in [5.74, 6) is -1.38. The average Bonchev–Trinajstić information content (AvgIpc) is 3.14. The fourth-order valence-corrected chi connectivity index (χ4v) is 3.97. The van der Waals surface area contributed by atoms with Gasteiger partial charge < -0.3 is 4.42 Å². The number of ketones is 2. The van der Waals surface area contributed by atoms with Gasteiger partial charge in [0.2, 0.25) is 0 Å². The molecular formula is C23H25ClN2O5. The Balaban J connectivity index is 2.28. The van der Waals surface area contributed by atoms with Gasteiger partial charge in [-0.2, -0.15) is 0 Å². The number of nitrogens with zero attached hydrogens (tertiary/aromatic N) is 2. The molecule has 3 rings (SSSR count). The van der Waals surface area contributed by atoms with Gasteiger partial charge in [0.25, 0.3) is 0 Å². The van der Waals surface area contributed by atoms with Crippen molar-refractivity contribution in [2.45, 2.75) is 52.0 Å². The molecule has 0 saturated heterocycles. The van der Waals surface area contributed by atoms with Crippen LogP contribution in [-0.2, 0) is 11.2 Å². The Morgan fingerprint density at radius 1 is 1.19 bits per heavy atom. The molecule has 8 heteroatoms. The highest BCUT2D eigenvalue weighted by Gasteiger charge is 2.37. The van der Waals surface area contributed by atoms with Crippen LogP contribution in [0.4, 0.5) is 5.88 Å². The van der Waals surface area contributed by atoms with E-state index in [0.717, 1.165) is 19.3 Å². The van der Waals surface area contributed by atoms with Crippen LogP contribution in [0.5, 0.6) is 0 Å². The third kappa shape index (κ3) is 4.62. The second-order valence-corrected chi connectivity index (χ2v) is 7.94. The molecule has 0 fully saturated rings. The molecule has 0 radical (unpaired) electrons. The lowest BCUT2D eigenvalue weighted by molar-refractivity contribution is -0.403. The fraction of sp³-hybridized carbons (Fsp3) is 0.391. The van der Waals surface area contributed by atoms with Crippen LogP contribution in [0, 0.1) is 10.1 Å². The van der Waals surface area contributed by atoms with E-state index in [1.807, 2.05) is 13.8 Å². The van der Waals surface area contributed by atoms with E-state index in [4.69, 9.17) is 16.2 Å². The largest absolute Gasteiger partial charge is 0.437 e. The third-order valence-corrected chi connectivity index (χ3v) is 5.70. The lowest BCUT2D eigenvalue weighted by atomic mass is 9.89. The van der Waals surface area contributed by atoms with Crippen molar-refractivity contribution >= 4 is 40.9 Å². The summed E-state index contributed by atoms with van der Waals surface area (Å²) in [7, 11) is 0. The minimum Gasteiger partial charge on any atom is -0.401 e. The van der Waals surface area contributed by atoms with E-state index in [2.05, 4.69) is 0 Å². The lowest BCUT2D eigenvalue weighted by Gasteiger charge is -2.23. The van der Waals surface area contributed by atoms with Gasteiger partial charge in [0.1, 0.15) is 16.4 Å². The molecule has 1 aliphatic rings. The molecule has 1 aliphatic carbocycles. The molecule has 31 heavy (non-hydrogen) atoms. The first-order valence-corrected chi connectivity index (χ1v) is 10.8. The van der Waals surface area contributed by atoms with Crippen LogP contribution < -0.4 is 10.6 Å². The van der Waals surface area contributed by atoms with Crippen LogP contribution in [0.1, 0.15) is 55.5 Å². The number of furan rings is 1. The summed E-state index contributed by atoms with van der Waals surface area (Å²) in [5, 5.41) is 11.9. The molecule has 1 aromatic carbocycles. The first-order chi connectivity index (χ1) is 14.9. The van der Waals surface area contributed by atoms with Crippen LogP contribution in [0.3, 0.4) is 0 Å². The Morgan fingerprint density at radius 2 is 1.87 bits per heavy atom. The van der Waals surface area contributed by atoms with Gasteiger partial charge in [0, 0.05) is 17.3 Å². The maximum absolute atomic E-state index is 13.5. The molecule has 2 aromatic rings. The number of unbranched alkanes of at least 4 members (excludes halogenated alkanes) is 2. The second-order valence-electron chi connectivity index (χ2n) is 7.51. The van der Waals surface area contributed by atoms with Crippen LogP contribution in [0.15, 0.2) is 34.7 Å². The molecule has 0 saturated carbocycles. The van der Waals surface area contributed by atoms with Gasteiger partial charge in [-0.3, -0.25) is 19.7 Å². The van der Waals surface area contributed by atoms with Crippen LogP contribution in [-0.4, -0.2) is 33.5 Å². The predicted molar refractivity (Wildman–Crippen MR) is 118 cm³/mol. The summed E-state index contributed by atoms with van der Waals surface area (Å²) >= 11 is 6.39. The molecule has 0 N–H and O–H groups in total. The van der Waals surface area contributed by atoms with Gasteiger partial charge >= 0.3 is 5.88 Å². The fourth-order valence-electron chi connectivity index (χ4n) is 3.70. The topological polar surface area (TPSA) is 93.7 Å². The highest BCUT2D eigenvalue weighted by Crippen LogP contribution is 2.23. The first kappa shape index (κ1) is 22.9. The van der Waals surface area contributed by atoms with Gasteiger partial charge in [-0.1, -0.05) is 57.0 Å². The molecular weight excluding hydrogens is 420 g/mol. The number of rotatable bonds is 10. The molecule has 7 nitrogen and oxygen atoms in total. The van der Waals surface area contributed by atoms with E-state index in [1.54, 1.807) is 30.3 Å². The standard InChI is InChI=1S/C23H25ClN2O5/c1-3-5-12-16-19-18(31-23(16)26(29)30)14-17(25(24)13-6-4-2)22(28)20(19)21(27)15-10-8-7-9-11-15/h7-11,14,17H,3-6,12-13H2,1-2H3. The monoisotopic (exact) mass is 444 g/mol. The smallest absolute Gasteiger partial charge is 0.401 e. The summed E-state index contributed by atoms with van der Waals surface area (Å²) in [6, 6.07) is 7.48. The summed E-state index contributed by atoms with van der Waals surface area (Å²) in [5.41, 5.74) is 0.680. The van der Waals surface area contributed by atoms with Crippen molar-refractivity contribution in [1.82, 2.24) is 4.42 Å². The SMILES string of the molecule is CCCCc1c([N+](=O)[O-])oc2c1=C(C(=O)c1ccccc1)C(=O)C(N(Cl)CCCC)C=2. The van der Waals surface area contributed by atoms with Gasteiger partial charge in [-0.05, 0) is 37.1 Å². The molecule has 1 aromatic heterocycles. The molecule has 0 spiro atoms. The van der Waals surface area contributed by atoms with Crippen molar-refractivity contribution in [1.29, 1.82) is 0 Å². The summed E-state index contributed by atoms with van der Waals surface area (Å²) in [6.45, 7) is 4.39. The van der Waals surface area contributed by atoms with Crippen molar-refractivity contribution in [3.8, 4) is 0 Å². The third-order valence-electron chi connectivity index (χ3n) is 5.32. The first-order valence-electron chi connectivity index (χ1n) is 10.5. The van der Waals surface area contributed by atoms with E-state index < -0.39 is 28.4 Å². The number of halogens is 1. The molecule has 164 valence electrons. The van der Waals surface area contributed by atoms with Crippen LogP contribution in [0.2, 0.25) is 0 Å². The van der Waals surface area contributed by atoms with E-state index in [9.17, 15) is 19.7 Å². The number of nitro groups is 1. The summed E-state index contributed by atoms with van der Waals surface area (Å²) in [4.78, 5) is 38.0. The van der Waals surface area contributed by atoms with E-state index >= 15 is 0 Å². The number of fused-ring (bicyclic) bond motifs is 1. The van der Waals surface area contributed by atoms with Crippen molar-refractivity contribution in [2.24, 2.45) is 0 Å². The number of benzene rings is 1. The molecule has 0 aliphatic heterocycles. The molecule has 1 heterocycles. The van der Waals surface area contributed by atoms with Crippen LogP contribution in [0.25, 0.3) is 11.6 Å². The number of carbonyl (C=O) groups excluding carboxylic acids is 2. The van der Waals surface area contributed by atoms with Gasteiger partial charge in [-0.25, -0.2) is 4.42 Å². The zero-order valence-electron chi connectivity index (χ0n) is 17.6. The Labute approximate surface area is 185 Å². The second kappa shape index (κ2) is 10.0. The van der Waals surface area contributed by atoms with Crippen molar-refractivity contribution in [2.75, 3.05) is 6.54 Å². The zero-order valence-corrected chi connectivity index (χ0v) is 18.4. The predicted octanol–water partition coefficient (Wildman–Crippen LogP) is 3.55. The summed E-state index contributed by atoms with van der Waals surface area (Å²) in [6.07, 6.45) is 4.92. The quantitative estimate of drug-likeness (QED) is 0.241. The van der Waals surface area contributed by atoms with Crippen molar-refractivity contribution in [3.05, 3.63) is 62.2 Å². The number of hydrogen-bond acceptors (Lipinski definition) is 6. The van der Waals surface area contributed by atoms with E-state index in [1.165, 1.54) is 10.5 Å². The summed E-state index contributed by atoms with van der Waals surface area (Å²) < 4.78 is 6.92. The minimum atomic E-state index is -0.937. The van der Waals surface area contributed by atoms with Crippen molar-refractivity contribution < 1.29 is 18.9 Å². The Bertz CT molecular complexity index is 1110. The minimum absolute atomic E-state index is 0.0983. The Hall–Kier alpha value is -2.77. The van der Waals surface area contributed by atoms with Crippen molar-refractivity contribution in [3.63, 3.8) is 0 Å². The van der Waals surface area contributed by atoms with Gasteiger partial charge in [-0.15, -0.1) is 0 Å². The maximum atomic E-state index is 13.5. The average molecular weight is 445 g/mol. The van der Waals surface area contributed by atoms with Gasteiger partial charge in [0.05, 0.1) is 11.1 Å². The molecule has 0 amide bonds. The lowest BCUT2D eigenvalue weighted by Crippen LogP contribution is -2.46. The Morgan fingerprint density at radius 3 is 2.48 bits per heavy atom. The molecule has 0 bridgehead atoms. The van der Waals surface area contributed by atoms with Crippen LogP contribution >= 0.6 is 11.8 Å².